The molecule has 0 aliphatic carbocycles. The van der Waals surface area contributed by atoms with Crippen LogP contribution in [0.2, 0.25) is 0 Å². The highest BCUT2D eigenvalue weighted by Crippen LogP contribution is 2.07. The number of allylic oxidation sites excluding steroid dienone is 3. The molecule has 4 heteroatoms. The Kier molecular flexibility index (Phi) is 16.6. The van der Waals surface area contributed by atoms with Crippen LogP contribution in [0.15, 0.2) is 36.5 Å². The van der Waals surface area contributed by atoms with Gasteiger partial charge in [-0.3, -0.25) is 9.63 Å². The van der Waals surface area contributed by atoms with E-state index < -0.39 is 12.0 Å². The van der Waals surface area contributed by atoms with Crippen molar-refractivity contribution in [2.75, 3.05) is 14.2 Å². The Balaban J connectivity index is -0.000000709. The lowest BCUT2D eigenvalue weighted by Gasteiger charge is -2.18. The predicted octanol–water partition coefficient (Wildman–Crippen LogP) is 2.72. The van der Waals surface area contributed by atoms with Gasteiger partial charge in [-0.1, -0.05) is 52.2 Å². The predicted molar refractivity (Wildman–Crippen MR) is 77.0 cm³/mol. The average molecular weight is 257 g/mol. The number of carbonyl (C=O) groups is 1. The van der Waals surface area contributed by atoms with E-state index in [9.17, 15) is 9.90 Å². The van der Waals surface area contributed by atoms with Crippen LogP contribution < -0.4 is 0 Å². The van der Waals surface area contributed by atoms with Gasteiger partial charge >= 0.3 is 0 Å². The van der Waals surface area contributed by atoms with Crippen molar-refractivity contribution in [3.8, 4) is 0 Å². The summed E-state index contributed by atoms with van der Waals surface area (Å²) in [6, 6.07) is 0. The monoisotopic (exact) mass is 257 g/mol. The largest absolute Gasteiger partial charge is 0.378 e. The van der Waals surface area contributed by atoms with E-state index in [-0.39, 0.29) is 7.43 Å². The summed E-state index contributed by atoms with van der Waals surface area (Å²) in [5.41, 5.74) is 0.504. The molecule has 0 saturated heterocycles. The number of rotatable bonds is 5. The van der Waals surface area contributed by atoms with Crippen LogP contribution in [0.5, 0.6) is 0 Å². The van der Waals surface area contributed by atoms with E-state index in [1.54, 1.807) is 31.2 Å². The summed E-state index contributed by atoms with van der Waals surface area (Å²) in [6.45, 7) is 9.25. The molecule has 0 bridgehead atoms. The Morgan fingerprint density at radius 2 is 1.94 bits per heavy atom. The van der Waals surface area contributed by atoms with E-state index in [0.29, 0.717) is 5.57 Å². The molecule has 0 aromatic carbocycles. The first-order valence-electron chi connectivity index (χ1n) is 5.53. The number of hydroxylamine groups is 2. The van der Waals surface area contributed by atoms with Crippen molar-refractivity contribution in [3.05, 3.63) is 36.5 Å². The first kappa shape index (κ1) is 21.9. The Bertz CT molecular complexity index is 283. The number of amides is 1. The molecule has 1 N–H and O–H groups in total. The van der Waals surface area contributed by atoms with Crippen LogP contribution in [-0.2, 0) is 9.63 Å². The van der Waals surface area contributed by atoms with Gasteiger partial charge in [-0.05, 0) is 12.5 Å². The second-order valence-corrected chi connectivity index (χ2v) is 2.80. The third-order valence-electron chi connectivity index (χ3n) is 1.89. The highest BCUT2D eigenvalue weighted by molar-refractivity contribution is 5.83. The van der Waals surface area contributed by atoms with Crippen LogP contribution in [0.3, 0.4) is 0 Å². The summed E-state index contributed by atoms with van der Waals surface area (Å²) in [7, 11) is 2.80. The van der Waals surface area contributed by atoms with Gasteiger partial charge in [-0.2, -0.15) is 0 Å². The van der Waals surface area contributed by atoms with Gasteiger partial charge in [-0.15, -0.1) is 0 Å². The molecule has 0 heterocycles. The Hall–Kier alpha value is -1.39. The van der Waals surface area contributed by atoms with Crippen LogP contribution in [0.25, 0.3) is 0 Å². The molecule has 0 aromatic heterocycles. The molecule has 0 rings (SSSR count). The molecule has 1 atom stereocenters. The maximum absolute atomic E-state index is 11.5. The van der Waals surface area contributed by atoms with Crippen LogP contribution in [0, 0.1) is 0 Å². The average Bonchev–Trinajstić information content (AvgIpc) is 2.39. The molecule has 0 fully saturated rings. The van der Waals surface area contributed by atoms with Gasteiger partial charge in [0, 0.05) is 7.05 Å². The number of carbonyl (C=O) groups excluding carboxylic acids is 1. The number of nitrogens with zero attached hydrogens (tertiary/aromatic N) is 1. The van der Waals surface area contributed by atoms with Crippen molar-refractivity contribution in [1.29, 1.82) is 0 Å². The summed E-state index contributed by atoms with van der Waals surface area (Å²) in [5.74, 6) is -0.515. The quantitative estimate of drug-likeness (QED) is 0.608. The van der Waals surface area contributed by atoms with E-state index in [0.717, 1.165) is 5.06 Å². The van der Waals surface area contributed by atoms with Gasteiger partial charge in [0.2, 0.25) is 0 Å². The van der Waals surface area contributed by atoms with Gasteiger partial charge in [0.05, 0.1) is 7.11 Å². The highest BCUT2D eigenvalue weighted by Gasteiger charge is 2.21. The molecule has 0 aliphatic heterocycles. The maximum atomic E-state index is 11.5. The fraction of sp³-hybridized carbons (Fsp3) is 0.500. The molecule has 0 aromatic rings. The van der Waals surface area contributed by atoms with Crippen molar-refractivity contribution in [2.24, 2.45) is 0 Å². The van der Waals surface area contributed by atoms with Crippen molar-refractivity contribution in [1.82, 2.24) is 5.06 Å². The minimum absolute atomic E-state index is 0. The van der Waals surface area contributed by atoms with Crippen molar-refractivity contribution >= 4 is 5.91 Å². The first-order chi connectivity index (χ1) is 8.08. The number of aliphatic hydroxyl groups excluding tert-OH is 1. The van der Waals surface area contributed by atoms with Crippen LogP contribution in [0.4, 0.5) is 0 Å². The number of likely N-dealkylation sites (N-methyl/N-ethyl adjacent to an activating group) is 1. The standard InChI is InChI=1S/C11H17NO3.C2H6.CH4/c1-5-7-8-9(6-2)10(13)11(14)12(3)15-4;1-2;/h5-8,10,13H,1H2,2-4H3;1-2H3;1H4/b8-7-,9-6+;;. The summed E-state index contributed by atoms with van der Waals surface area (Å²) >= 11 is 0. The third kappa shape index (κ3) is 7.81. The number of aliphatic hydroxyl groups is 1. The minimum atomic E-state index is -1.21. The van der Waals surface area contributed by atoms with E-state index in [2.05, 4.69) is 11.4 Å². The molecule has 18 heavy (non-hydrogen) atoms. The molecule has 0 saturated carbocycles. The zero-order valence-electron chi connectivity index (χ0n) is 11.3. The Morgan fingerprint density at radius 3 is 2.28 bits per heavy atom. The fourth-order valence-corrected chi connectivity index (χ4v) is 0.929. The fourth-order valence-electron chi connectivity index (χ4n) is 0.929. The van der Waals surface area contributed by atoms with E-state index in [1.807, 2.05) is 13.8 Å². The van der Waals surface area contributed by atoms with Crippen LogP contribution in [-0.4, -0.2) is 36.3 Å². The molecule has 1 amide bonds. The molecule has 0 radical (unpaired) electrons. The zero-order valence-corrected chi connectivity index (χ0v) is 11.3. The van der Waals surface area contributed by atoms with Crippen LogP contribution in [0.1, 0.15) is 28.2 Å². The zero-order chi connectivity index (χ0) is 13.8. The van der Waals surface area contributed by atoms with Gasteiger partial charge in [0.1, 0.15) is 0 Å². The molecule has 0 spiro atoms. The summed E-state index contributed by atoms with van der Waals surface area (Å²) in [6.07, 6.45) is 5.29. The van der Waals surface area contributed by atoms with Gasteiger partial charge in [0.15, 0.2) is 6.10 Å². The highest BCUT2D eigenvalue weighted by atomic mass is 16.7. The Labute approximate surface area is 111 Å². The second kappa shape index (κ2) is 13.7. The maximum Gasteiger partial charge on any atom is 0.279 e. The Morgan fingerprint density at radius 1 is 1.44 bits per heavy atom. The van der Waals surface area contributed by atoms with Gasteiger partial charge in [0.25, 0.3) is 5.91 Å². The van der Waals surface area contributed by atoms with E-state index >= 15 is 0 Å². The molecule has 106 valence electrons. The van der Waals surface area contributed by atoms with E-state index in [4.69, 9.17) is 0 Å². The number of hydrogen-bond donors (Lipinski definition) is 1. The second-order valence-electron chi connectivity index (χ2n) is 2.80. The number of hydrogen-bond acceptors (Lipinski definition) is 3. The smallest absolute Gasteiger partial charge is 0.279 e. The molecule has 0 aliphatic rings. The lowest BCUT2D eigenvalue weighted by atomic mass is 10.1. The van der Waals surface area contributed by atoms with E-state index in [1.165, 1.54) is 14.2 Å². The summed E-state index contributed by atoms with van der Waals surface area (Å²) < 4.78 is 0. The summed E-state index contributed by atoms with van der Waals surface area (Å²) in [4.78, 5) is 16.2. The first-order valence-corrected chi connectivity index (χ1v) is 5.53. The third-order valence-corrected chi connectivity index (χ3v) is 1.89. The van der Waals surface area contributed by atoms with Gasteiger partial charge in [-0.25, -0.2) is 5.06 Å². The molecular weight excluding hydrogens is 230 g/mol. The van der Waals surface area contributed by atoms with Crippen LogP contribution >= 0.6 is 0 Å². The van der Waals surface area contributed by atoms with Crippen molar-refractivity contribution in [3.63, 3.8) is 0 Å². The normalized spacial score (nSPS) is 12.0. The molecule has 4 nitrogen and oxygen atoms in total. The van der Waals surface area contributed by atoms with Crippen molar-refractivity contribution in [2.45, 2.75) is 34.3 Å². The van der Waals surface area contributed by atoms with Crippen molar-refractivity contribution < 1.29 is 14.7 Å². The topological polar surface area (TPSA) is 49.8 Å². The summed E-state index contributed by atoms with van der Waals surface area (Å²) in [5, 5.41) is 10.7. The lowest BCUT2D eigenvalue weighted by Crippen LogP contribution is -2.36. The lowest BCUT2D eigenvalue weighted by molar-refractivity contribution is -0.175. The molecule has 1 unspecified atom stereocenters. The minimum Gasteiger partial charge on any atom is -0.378 e. The van der Waals surface area contributed by atoms with Gasteiger partial charge < -0.3 is 5.11 Å². The molecular formula is C14H27NO3. The SMILES string of the molecule is C.C=C/C=C\C(=C/C)C(O)C(=O)N(C)OC.CC.